The Bertz CT molecular complexity index is 489. The first-order chi connectivity index (χ1) is 7.66. The predicted molar refractivity (Wildman–Crippen MR) is 62.9 cm³/mol. The quantitative estimate of drug-likeness (QED) is 0.895. The highest BCUT2D eigenvalue weighted by Crippen LogP contribution is 2.13. The van der Waals surface area contributed by atoms with Crippen molar-refractivity contribution < 1.29 is 4.79 Å². The summed E-state index contributed by atoms with van der Waals surface area (Å²) in [4.78, 5) is 11.8. The van der Waals surface area contributed by atoms with E-state index in [0.717, 1.165) is 10.0 Å². The molecule has 5 nitrogen and oxygen atoms in total. The summed E-state index contributed by atoms with van der Waals surface area (Å²) in [6.07, 6.45) is 5.27. The average Bonchev–Trinajstić information content (AvgIpc) is 2.84. The van der Waals surface area contributed by atoms with Crippen molar-refractivity contribution in [3.63, 3.8) is 0 Å². The van der Waals surface area contributed by atoms with Crippen LogP contribution in [0.5, 0.6) is 0 Å². The number of nitrogens with one attached hydrogen (secondary N) is 2. The number of rotatable bonds is 3. The molecule has 2 N–H and O–H groups in total. The minimum Gasteiger partial charge on any atom is -0.347 e. The van der Waals surface area contributed by atoms with Gasteiger partial charge in [-0.1, -0.05) is 0 Å². The Hall–Kier alpha value is -1.56. The van der Waals surface area contributed by atoms with E-state index in [-0.39, 0.29) is 5.91 Å². The van der Waals surface area contributed by atoms with Crippen LogP contribution in [0, 0.1) is 0 Å². The van der Waals surface area contributed by atoms with Crippen molar-refractivity contribution in [2.45, 2.75) is 6.54 Å². The summed E-state index contributed by atoms with van der Waals surface area (Å²) in [5.74, 6) is -0.102. The zero-order valence-corrected chi connectivity index (χ0v) is 10.3. The molecule has 0 aromatic carbocycles. The zero-order chi connectivity index (χ0) is 11.5. The molecular weight excluding hydrogens is 272 g/mol. The van der Waals surface area contributed by atoms with Crippen LogP contribution in [0.15, 0.2) is 29.1 Å². The molecule has 16 heavy (non-hydrogen) atoms. The molecule has 0 saturated carbocycles. The van der Waals surface area contributed by atoms with Gasteiger partial charge in [0.2, 0.25) is 0 Å². The second kappa shape index (κ2) is 4.52. The molecule has 84 valence electrons. The first-order valence-corrected chi connectivity index (χ1v) is 5.54. The van der Waals surface area contributed by atoms with Crippen LogP contribution in [0.4, 0.5) is 0 Å². The van der Waals surface area contributed by atoms with E-state index in [1.807, 2.05) is 13.2 Å². The number of carbonyl (C=O) groups excluding carboxylic acids is 1. The lowest BCUT2D eigenvalue weighted by Crippen LogP contribution is -2.24. The monoisotopic (exact) mass is 282 g/mol. The molecule has 0 fully saturated rings. The van der Waals surface area contributed by atoms with E-state index < -0.39 is 0 Å². The maximum Gasteiger partial charge on any atom is 0.268 e. The standard InChI is InChI=1S/C10H11BrN4O/c1-15-6-8(11)2-9(15)10(16)12-3-7-4-13-14-5-7/h2,4-6H,3H2,1H3,(H,12,16)(H,13,14). The molecule has 2 heterocycles. The molecule has 2 aromatic heterocycles. The maximum absolute atomic E-state index is 11.8. The van der Waals surface area contributed by atoms with Crippen molar-refractivity contribution in [1.82, 2.24) is 20.1 Å². The predicted octanol–water partition coefficient (Wildman–Crippen LogP) is 1.44. The lowest BCUT2D eigenvalue weighted by Gasteiger charge is -2.04. The average molecular weight is 283 g/mol. The highest BCUT2D eigenvalue weighted by atomic mass is 79.9. The van der Waals surface area contributed by atoms with Crippen molar-refractivity contribution in [1.29, 1.82) is 0 Å². The van der Waals surface area contributed by atoms with Gasteiger partial charge in [-0.05, 0) is 22.0 Å². The molecule has 0 aliphatic carbocycles. The Morgan fingerprint density at radius 3 is 3.06 bits per heavy atom. The molecule has 0 atom stereocenters. The Morgan fingerprint density at radius 1 is 1.69 bits per heavy atom. The summed E-state index contributed by atoms with van der Waals surface area (Å²) in [5.41, 5.74) is 1.57. The molecule has 2 aromatic rings. The van der Waals surface area contributed by atoms with Crippen molar-refractivity contribution >= 4 is 21.8 Å². The van der Waals surface area contributed by atoms with Crippen LogP contribution >= 0.6 is 15.9 Å². The molecule has 0 unspecified atom stereocenters. The summed E-state index contributed by atoms with van der Waals surface area (Å²) in [5, 5.41) is 9.32. The fraction of sp³-hybridized carbons (Fsp3) is 0.200. The molecule has 1 amide bonds. The lowest BCUT2D eigenvalue weighted by molar-refractivity contribution is 0.0943. The summed E-state index contributed by atoms with van der Waals surface area (Å²) < 4.78 is 2.66. The number of aromatic amines is 1. The second-order valence-electron chi connectivity index (χ2n) is 3.44. The minimum absolute atomic E-state index is 0.102. The highest BCUT2D eigenvalue weighted by molar-refractivity contribution is 9.10. The van der Waals surface area contributed by atoms with E-state index in [2.05, 4.69) is 31.4 Å². The smallest absolute Gasteiger partial charge is 0.268 e. The largest absolute Gasteiger partial charge is 0.347 e. The van der Waals surface area contributed by atoms with Gasteiger partial charge in [-0.15, -0.1) is 0 Å². The topological polar surface area (TPSA) is 62.7 Å². The summed E-state index contributed by atoms with van der Waals surface area (Å²) in [6.45, 7) is 0.470. The zero-order valence-electron chi connectivity index (χ0n) is 8.70. The second-order valence-corrected chi connectivity index (χ2v) is 4.36. The first kappa shape index (κ1) is 10.9. The van der Waals surface area contributed by atoms with Gasteiger partial charge >= 0.3 is 0 Å². The van der Waals surface area contributed by atoms with Crippen LogP contribution in [0.3, 0.4) is 0 Å². The maximum atomic E-state index is 11.8. The molecule has 0 saturated heterocycles. The van der Waals surface area contributed by atoms with Crippen molar-refractivity contribution in [2.24, 2.45) is 7.05 Å². The van der Waals surface area contributed by atoms with Crippen LogP contribution in [0.25, 0.3) is 0 Å². The van der Waals surface area contributed by atoms with Gasteiger partial charge in [-0.2, -0.15) is 5.10 Å². The van der Waals surface area contributed by atoms with Gasteiger partial charge in [0.15, 0.2) is 0 Å². The third-order valence-electron chi connectivity index (χ3n) is 2.21. The van der Waals surface area contributed by atoms with Crippen LogP contribution in [0.1, 0.15) is 16.1 Å². The van der Waals surface area contributed by atoms with E-state index >= 15 is 0 Å². The van der Waals surface area contributed by atoms with Gasteiger partial charge in [-0.3, -0.25) is 9.89 Å². The highest BCUT2D eigenvalue weighted by Gasteiger charge is 2.10. The van der Waals surface area contributed by atoms with Crippen LogP contribution < -0.4 is 5.32 Å². The molecule has 6 heteroatoms. The summed E-state index contributed by atoms with van der Waals surface area (Å²) >= 11 is 3.33. The number of amides is 1. The summed E-state index contributed by atoms with van der Waals surface area (Å²) in [7, 11) is 1.83. The number of nitrogens with zero attached hydrogens (tertiary/aromatic N) is 2. The molecule has 0 aliphatic heterocycles. The molecule has 0 radical (unpaired) electrons. The van der Waals surface area contributed by atoms with E-state index in [1.165, 1.54) is 0 Å². The van der Waals surface area contributed by atoms with Gasteiger partial charge in [-0.25, -0.2) is 0 Å². The fourth-order valence-corrected chi connectivity index (χ4v) is 1.92. The number of halogens is 1. The Labute approximate surface area is 101 Å². The molecular formula is C10H11BrN4O. The number of H-pyrrole nitrogens is 1. The minimum atomic E-state index is -0.102. The fourth-order valence-electron chi connectivity index (χ4n) is 1.40. The molecule has 0 bridgehead atoms. The lowest BCUT2D eigenvalue weighted by atomic mass is 10.3. The van der Waals surface area contributed by atoms with E-state index in [1.54, 1.807) is 23.0 Å². The van der Waals surface area contributed by atoms with Gasteiger partial charge < -0.3 is 9.88 Å². The third kappa shape index (κ3) is 2.33. The van der Waals surface area contributed by atoms with Crippen molar-refractivity contribution in [3.05, 3.63) is 40.4 Å². The Balaban J connectivity index is 2.01. The molecule has 2 rings (SSSR count). The summed E-state index contributed by atoms with van der Waals surface area (Å²) in [6, 6.07) is 1.78. The van der Waals surface area contributed by atoms with E-state index in [0.29, 0.717) is 12.2 Å². The van der Waals surface area contributed by atoms with Gasteiger partial charge in [0.25, 0.3) is 5.91 Å². The van der Waals surface area contributed by atoms with Gasteiger partial charge in [0.05, 0.1) is 6.20 Å². The van der Waals surface area contributed by atoms with Crippen molar-refractivity contribution in [3.8, 4) is 0 Å². The third-order valence-corrected chi connectivity index (χ3v) is 2.65. The Kier molecular flexibility index (Phi) is 3.09. The molecule has 0 spiro atoms. The van der Waals surface area contributed by atoms with Crippen molar-refractivity contribution in [2.75, 3.05) is 0 Å². The SMILES string of the molecule is Cn1cc(Br)cc1C(=O)NCc1cn[nH]c1. The number of hydrogen-bond donors (Lipinski definition) is 2. The van der Waals surface area contributed by atoms with E-state index in [9.17, 15) is 4.79 Å². The number of hydrogen-bond acceptors (Lipinski definition) is 2. The van der Waals surface area contributed by atoms with E-state index in [4.69, 9.17) is 0 Å². The number of aromatic nitrogens is 3. The van der Waals surface area contributed by atoms with Gasteiger partial charge in [0.1, 0.15) is 5.69 Å². The van der Waals surface area contributed by atoms with Crippen LogP contribution in [0.2, 0.25) is 0 Å². The first-order valence-electron chi connectivity index (χ1n) is 4.74. The number of aryl methyl sites for hydroxylation is 1. The van der Waals surface area contributed by atoms with Crippen LogP contribution in [-0.2, 0) is 13.6 Å². The molecule has 0 aliphatic rings. The normalized spacial score (nSPS) is 10.4. The van der Waals surface area contributed by atoms with Gasteiger partial charge in [0, 0.05) is 36.0 Å². The van der Waals surface area contributed by atoms with Crippen LogP contribution in [-0.4, -0.2) is 20.7 Å². The Morgan fingerprint density at radius 2 is 2.50 bits per heavy atom. The number of carbonyl (C=O) groups is 1.